The average Bonchev–Trinajstić information content (AvgIpc) is 2.85. The highest BCUT2D eigenvalue weighted by Crippen LogP contribution is 2.20. The number of aliphatic carboxylic acids is 1. The van der Waals surface area contributed by atoms with Crippen molar-refractivity contribution in [2.75, 3.05) is 25.0 Å². The van der Waals surface area contributed by atoms with Gasteiger partial charge in [0.05, 0.1) is 6.04 Å². The lowest BCUT2D eigenvalue weighted by molar-refractivity contribution is -0.153. The zero-order chi connectivity index (χ0) is 20.8. The van der Waals surface area contributed by atoms with Crippen molar-refractivity contribution < 1.29 is 14.7 Å². The quantitative estimate of drug-likeness (QED) is 0.339. The molecule has 1 aromatic carbocycles. The molecule has 0 unspecified atom stereocenters. The molecule has 6 N–H and O–H groups in total. The molecule has 9 heteroatoms. The number of rotatable bonds is 7. The summed E-state index contributed by atoms with van der Waals surface area (Å²) in [4.78, 5) is 24.7. The Morgan fingerprint density at radius 3 is 2.59 bits per heavy atom. The second-order valence-electron chi connectivity index (χ2n) is 7.65. The molecule has 2 fully saturated rings. The van der Waals surface area contributed by atoms with Gasteiger partial charge in [0, 0.05) is 25.3 Å². The van der Waals surface area contributed by atoms with E-state index in [2.05, 4.69) is 15.6 Å². The first kappa shape index (κ1) is 21.1. The van der Waals surface area contributed by atoms with Gasteiger partial charge in [-0.1, -0.05) is 12.1 Å². The Morgan fingerprint density at radius 2 is 1.90 bits per heavy atom. The number of nitrogens with zero attached hydrogens (tertiary/aromatic N) is 2. The number of fused-ring (bicyclic) bond motifs is 1. The zero-order valence-corrected chi connectivity index (χ0v) is 16.6. The minimum atomic E-state index is -0.938. The number of nitrogens with one attached hydrogen (secondary N) is 3. The maximum Gasteiger partial charge on any atom is 0.320 e. The van der Waals surface area contributed by atoms with E-state index in [0.717, 1.165) is 44.5 Å². The predicted molar refractivity (Wildman–Crippen MR) is 110 cm³/mol. The molecule has 2 heterocycles. The van der Waals surface area contributed by atoms with Crippen LogP contribution in [0.2, 0.25) is 0 Å². The van der Waals surface area contributed by atoms with Gasteiger partial charge in [0.2, 0.25) is 0 Å². The van der Waals surface area contributed by atoms with Gasteiger partial charge in [0.15, 0.2) is 5.96 Å². The van der Waals surface area contributed by atoms with Crippen LogP contribution in [0.25, 0.3) is 0 Å². The van der Waals surface area contributed by atoms with Crippen molar-refractivity contribution >= 4 is 23.5 Å². The van der Waals surface area contributed by atoms with E-state index in [4.69, 9.17) is 11.1 Å². The molecular weight excluding hydrogens is 372 g/mol. The fourth-order valence-electron chi connectivity index (χ4n) is 3.98. The lowest BCUT2D eigenvalue weighted by atomic mass is 10.0. The van der Waals surface area contributed by atoms with Crippen LogP contribution in [0.15, 0.2) is 24.3 Å². The molecule has 9 nitrogen and oxygen atoms in total. The molecule has 0 spiro atoms. The number of nitrogens with two attached hydrogens (primary N) is 1. The van der Waals surface area contributed by atoms with Crippen LogP contribution in [0, 0.1) is 5.41 Å². The van der Waals surface area contributed by atoms with Crippen LogP contribution in [0.5, 0.6) is 0 Å². The van der Waals surface area contributed by atoms with E-state index in [-0.39, 0.29) is 11.9 Å². The molecule has 2 atom stereocenters. The lowest BCUT2D eigenvalue weighted by Crippen LogP contribution is -2.56. The number of carboxylic acid groups (broad SMARTS) is 1. The second kappa shape index (κ2) is 9.71. The van der Waals surface area contributed by atoms with E-state index in [1.54, 1.807) is 12.1 Å². The van der Waals surface area contributed by atoms with Crippen LogP contribution in [0.4, 0.5) is 5.69 Å². The van der Waals surface area contributed by atoms with Gasteiger partial charge in [0.25, 0.3) is 5.91 Å². The van der Waals surface area contributed by atoms with E-state index in [0.29, 0.717) is 24.9 Å². The highest BCUT2D eigenvalue weighted by molar-refractivity contribution is 5.89. The third-order valence-electron chi connectivity index (χ3n) is 5.49. The largest absolute Gasteiger partial charge is 0.480 e. The second-order valence-corrected chi connectivity index (χ2v) is 7.65. The first-order valence-corrected chi connectivity index (χ1v) is 10.2. The summed E-state index contributed by atoms with van der Waals surface area (Å²) in [6, 6.07) is 6.13. The Morgan fingerprint density at radius 1 is 1.21 bits per heavy atom. The standard InChI is InChI=1S/C20H30N6O3/c21-20(22)23-15-8-5-14(6-9-15)7-10-17(19(28)29)24-16-4-3-12-25-11-1-2-13-26(25)18(16)27/h5-6,8-9,16-17,24H,1-4,7,10-13H2,(H,28,29)(H4,21,22,23)/t16-,17-/m0/s1. The summed E-state index contributed by atoms with van der Waals surface area (Å²) in [5.74, 6) is -1.08. The number of aryl methyl sites for hydroxylation is 1. The van der Waals surface area contributed by atoms with Gasteiger partial charge in [-0.15, -0.1) is 0 Å². The fourth-order valence-corrected chi connectivity index (χ4v) is 3.98. The fraction of sp³-hybridized carbons (Fsp3) is 0.550. The maximum absolute atomic E-state index is 12.9. The lowest BCUT2D eigenvalue weighted by Gasteiger charge is -2.38. The number of anilines is 1. The molecule has 3 rings (SSSR count). The maximum atomic E-state index is 12.9. The smallest absolute Gasteiger partial charge is 0.320 e. The normalized spacial score (nSPS) is 21.2. The minimum absolute atomic E-state index is 0.00638. The van der Waals surface area contributed by atoms with Crippen LogP contribution in [-0.2, 0) is 16.0 Å². The predicted octanol–water partition coefficient (Wildman–Crippen LogP) is 0.969. The van der Waals surface area contributed by atoms with Gasteiger partial charge >= 0.3 is 5.97 Å². The molecule has 0 aliphatic carbocycles. The van der Waals surface area contributed by atoms with Gasteiger partial charge < -0.3 is 16.2 Å². The Balaban J connectivity index is 1.58. The summed E-state index contributed by atoms with van der Waals surface area (Å²) >= 11 is 0. The number of hydrazine groups is 1. The van der Waals surface area contributed by atoms with Crippen molar-refractivity contribution in [3.05, 3.63) is 29.8 Å². The van der Waals surface area contributed by atoms with Crippen LogP contribution in [0.1, 0.15) is 37.7 Å². The Hall–Kier alpha value is -2.65. The van der Waals surface area contributed by atoms with Crippen molar-refractivity contribution in [1.29, 1.82) is 5.41 Å². The van der Waals surface area contributed by atoms with Gasteiger partial charge in [-0.3, -0.25) is 25.3 Å². The first-order valence-electron chi connectivity index (χ1n) is 10.2. The van der Waals surface area contributed by atoms with Crippen LogP contribution in [0.3, 0.4) is 0 Å². The van der Waals surface area contributed by atoms with Gasteiger partial charge in [-0.05, 0) is 56.2 Å². The Labute approximate surface area is 170 Å². The first-order chi connectivity index (χ1) is 13.9. The summed E-state index contributed by atoms with van der Waals surface area (Å²) < 4.78 is 0. The summed E-state index contributed by atoms with van der Waals surface area (Å²) in [6.45, 7) is 2.47. The monoisotopic (exact) mass is 402 g/mol. The van der Waals surface area contributed by atoms with E-state index < -0.39 is 18.1 Å². The number of hydrogen-bond acceptors (Lipinski definition) is 5. The number of guanidine groups is 1. The molecular formula is C20H30N6O3. The number of carbonyl (C=O) groups excluding carboxylic acids is 1. The molecule has 0 radical (unpaired) electrons. The van der Waals surface area contributed by atoms with Gasteiger partial charge in [0.1, 0.15) is 6.04 Å². The molecule has 2 saturated heterocycles. The SMILES string of the molecule is N=C(N)Nc1ccc(CC[C@H](N[C@H]2CCCN3CCCCN3C2=O)C(=O)O)cc1. The van der Waals surface area contributed by atoms with E-state index >= 15 is 0 Å². The molecule has 0 aromatic heterocycles. The van der Waals surface area contributed by atoms with E-state index in [1.165, 1.54) is 0 Å². The van der Waals surface area contributed by atoms with Crippen LogP contribution in [-0.4, -0.2) is 64.7 Å². The van der Waals surface area contributed by atoms with Crippen molar-refractivity contribution in [2.45, 2.75) is 50.6 Å². The molecule has 0 bridgehead atoms. The molecule has 1 aromatic rings. The summed E-state index contributed by atoms with van der Waals surface area (Å²) in [7, 11) is 0. The van der Waals surface area contributed by atoms with Crippen LogP contribution < -0.4 is 16.4 Å². The van der Waals surface area contributed by atoms with Crippen molar-refractivity contribution in [3.63, 3.8) is 0 Å². The zero-order valence-electron chi connectivity index (χ0n) is 16.6. The minimum Gasteiger partial charge on any atom is -0.480 e. The molecule has 158 valence electrons. The van der Waals surface area contributed by atoms with Gasteiger partial charge in [-0.2, -0.15) is 0 Å². The molecule has 2 aliphatic heterocycles. The van der Waals surface area contributed by atoms with Crippen molar-refractivity contribution in [3.8, 4) is 0 Å². The number of benzene rings is 1. The summed E-state index contributed by atoms with van der Waals surface area (Å²) in [5, 5.41) is 26.7. The van der Waals surface area contributed by atoms with E-state index in [1.807, 2.05) is 17.1 Å². The highest BCUT2D eigenvalue weighted by Gasteiger charge is 2.35. The number of amides is 1. The number of carboxylic acids is 1. The Bertz CT molecular complexity index is 738. The summed E-state index contributed by atoms with van der Waals surface area (Å²) in [5.41, 5.74) is 7.01. The molecule has 1 amide bonds. The molecule has 29 heavy (non-hydrogen) atoms. The van der Waals surface area contributed by atoms with Crippen LogP contribution >= 0.6 is 0 Å². The van der Waals surface area contributed by atoms with Crippen molar-refractivity contribution in [1.82, 2.24) is 15.3 Å². The van der Waals surface area contributed by atoms with Crippen molar-refractivity contribution in [2.24, 2.45) is 5.73 Å². The summed E-state index contributed by atoms with van der Waals surface area (Å²) in [6.07, 6.45) is 4.58. The van der Waals surface area contributed by atoms with E-state index in [9.17, 15) is 14.7 Å². The number of hydrogen-bond donors (Lipinski definition) is 5. The highest BCUT2D eigenvalue weighted by atomic mass is 16.4. The topological polar surface area (TPSA) is 135 Å². The average molecular weight is 402 g/mol. The Kier molecular flexibility index (Phi) is 7.05. The molecule has 2 aliphatic rings. The number of carbonyl (C=O) groups is 2. The molecule has 0 saturated carbocycles. The van der Waals surface area contributed by atoms with Gasteiger partial charge in [-0.25, -0.2) is 5.01 Å². The third-order valence-corrected chi connectivity index (χ3v) is 5.49. The third kappa shape index (κ3) is 5.68.